The number of hydrogen-bond acceptors (Lipinski definition) is 5. The van der Waals surface area contributed by atoms with Crippen LogP contribution in [-0.2, 0) is 6.54 Å². The molecule has 1 atom stereocenters. The minimum Gasteiger partial charge on any atom is -0.475 e. The minimum absolute atomic E-state index is 0.0419. The van der Waals surface area contributed by atoms with Crippen molar-refractivity contribution in [1.29, 1.82) is 0 Å². The molecule has 0 radical (unpaired) electrons. The average molecular weight is 368 g/mol. The van der Waals surface area contributed by atoms with Crippen LogP contribution in [0, 0.1) is 6.92 Å². The highest BCUT2D eigenvalue weighted by Crippen LogP contribution is 2.48. The lowest BCUT2D eigenvalue weighted by Crippen LogP contribution is -2.21. The van der Waals surface area contributed by atoms with Crippen molar-refractivity contribution < 1.29 is 9.13 Å². The van der Waals surface area contributed by atoms with Crippen molar-refractivity contribution in [3.8, 4) is 5.88 Å². The van der Waals surface area contributed by atoms with Crippen LogP contribution < -0.4 is 10.1 Å². The summed E-state index contributed by atoms with van der Waals surface area (Å²) in [6.07, 6.45) is 6.07. The Hall–Kier alpha value is -2.63. The van der Waals surface area contributed by atoms with E-state index in [1.165, 1.54) is 35.2 Å². The lowest BCUT2D eigenvalue weighted by atomic mass is 10.1. The fourth-order valence-corrected chi connectivity index (χ4v) is 3.80. The monoisotopic (exact) mass is 368 g/mol. The van der Waals surface area contributed by atoms with E-state index in [4.69, 9.17) is 4.74 Å². The Morgan fingerprint density at radius 3 is 2.81 bits per heavy atom. The molecule has 5 nitrogen and oxygen atoms in total. The Balaban J connectivity index is 1.65. The van der Waals surface area contributed by atoms with Crippen LogP contribution in [-0.4, -0.2) is 35.2 Å². The maximum atomic E-state index is 12.4. The van der Waals surface area contributed by atoms with Crippen molar-refractivity contribution in [3.63, 3.8) is 0 Å². The first-order chi connectivity index (χ1) is 13.1. The highest BCUT2D eigenvalue weighted by Gasteiger charge is 2.35. The van der Waals surface area contributed by atoms with Gasteiger partial charge in [-0.3, -0.25) is 0 Å². The third kappa shape index (κ3) is 3.24. The van der Waals surface area contributed by atoms with Gasteiger partial charge in [0.25, 0.3) is 0 Å². The summed E-state index contributed by atoms with van der Waals surface area (Å²) in [4.78, 5) is 11.4. The second-order valence-electron chi connectivity index (χ2n) is 7.12. The number of pyridine rings is 2. The van der Waals surface area contributed by atoms with Crippen LogP contribution in [0.4, 0.5) is 10.2 Å². The van der Waals surface area contributed by atoms with Gasteiger partial charge in [-0.05, 0) is 50.0 Å². The molecule has 0 amide bonds. The molecule has 6 heteroatoms. The van der Waals surface area contributed by atoms with Crippen LogP contribution in [0.15, 0.2) is 30.1 Å². The van der Waals surface area contributed by atoms with E-state index in [0.717, 1.165) is 23.5 Å². The van der Waals surface area contributed by atoms with Crippen LogP contribution in [0.2, 0.25) is 0 Å². The molecule has 0 bridgehead atoms. The standard InChI is InChI=1S/C21H25FN4O/c1-13-10-16(11-25-21(13)27-9-7-22)14(2)26-12-18-17(19(26)15-4-5-15)6-8-24-20(18)23-3/h6,8,10-11,14H,4-5,7,9,12H2,1-3H3,(H,23,24). The first kappa shape index (κ1) is 17.8. The van der Waals surface area contributed by atoms with E-state index in [1.54, 1.807) is 0 Å². The van der Waals surface area contributed by atoms with E-state index in [-0.39, 0.29) is 12.6 Å². The van der Waals surface area contributed by atoms with E-state index >= 15 is 0 Å². The Labute approximate surface area is 159 Å². The van der Waals surface area contributed by atoms with Gasteiger partial charge in [0.05, 0.1) is 6.04 Å². The van der Waals surface area contributed by atoms with Gasteiger partial charge in [-0.2, -0.15) is 0 Å². The van der Waals surface area contributed by atoms with Gasteiger partial charge in [0.1, 0.15) is 19.1 Å². The molecule has 4 rings (SSSR count). The third-order valence-electron chi connectivity index (χ3n) is 5.32. The molecule has 1 saturated carbocycles. The van der Waals surface area contributed by atoms with Gasteiger partial charge in [-0.1, -0.05) is 0 Å². The van der Waals surface area contributed by atoms with E-state index < -0.39 is 6.67 Å². The second-order valence-corrected chi connectivity index (χ2v) is 7.12. The molecule has 2 aromatic heterocycles. The maximum Gasteiger partial charge on any atom is 0.216 e. The normalized spacial score (nSPS) is 16.4. The molecule has 0 aromatic carbocycles. The molecule has 1 fully saturated rings. The predicted octanol–water partition coefficient (Wildman–Crippen LogP) is 4.26. The number of allylic oxidation sites excluding steroid dienone is 1. The van der Waals surface area contributed by atoms with Gasteiger partial charge in [-0.15, -0.1) is 0 Å². The van der Waals surface area contributed by atoms with E-state index in [1.807, 2.05) is 26.4 Å². The number of rotatable bonds is 6. The number of ether oxygens (including phenoxy) is 1. The minimum atomic E-state index is -0.510. The molecule has 3 heterocycles. The van der Waals surface area contributed by atoms with Crippen molar-refractivity contribution in [2.24, 2.45) is 0 Å². The second kappa shape index (κ2) is 7.18. The van der Waals surface area contributed by atoms with Crippen LogP contribution in [0.3, 0.4) is 0 Å². The number of fused-ring (bicyclic) bond motifs is 1. The van der Waals surface area contributed by atoms with Gasteiger partial charge in [0.2, 0.25) is 5.88 Å². The van der Waals surface area contributed by atoms with Crippen molar-refractivity contribution >= 4 is 11.5 Å². The predicted molar refractivity (Wildman–Crippen MR) is 104 cm³/mol. The van der Waals surface area contributed by atoms with Crippen molar-refractivity contribution in [3.05, 3.63) is 52.4 Å². The molecule has 1 aliphatic carbocycles. The van der Waals surface area contributed by atoms with Crippen molar-refractivity contribution in [2.45, 2.75) is 39.3 Å². The summed E-state index contributed by atoms with van der Waals surface area (Å²) in [7, 11) is 1.92. The number of hydrogen-bond donors (Lipinski definition) is 1. The van der Waals surface area contributed by atoms with E-state index in [0.29, 0.717) is 5.88 Å². The van der Waals surface area contributed by atoms with Gasteiger partial charge in [0.15, 0.2) is 0 Å². The van der Waals surface area contributed by atoms with Gasteiger partial charge in [-0.25, -0.2) is 14.4 Å². The Bertz CT molecular complexity index is 890. The van der Waals surface area contributed by atoms with Crippen LogP contribution >= 0.6 is 0 Å². The molecule has 2 aliphatic rings. The Kier molecular flexibility index (Phi) is 4.72. The summed E-state index contributed by atoms with van der Waals surface area (Å²) in [6.45, 7) is 4.53. The zero-order valence-electron chi connectivity index (χ0n) is 16.1. The molecule has 2 aromatic rings. The number of aryl methyl sites for hydroxylation is 1. The first-order valence-corrected chi connectivity index (χ1v) is 9.44. The summed E-state index contributed by atoms with van der Waals surface area (Å²) in [6, 6.07) is 4.40. The highest BCUT2D eigenvalue weighted by atomic mass is 19.1. The topological polar surface area (TPSA) is 50.3 Å². The van der Waals surface area contributed by atoms with E-state index in [9.17, 15) is 4.39 Å². The van der Waals surface area contributed by atoms with Crippen LogP contribution in [0.1, 0.15) is 48.1 Å². The fourth-order valence-electron chi connectivity index (χ4n) is 3.80. The zero-order chi connectivity index (χ0) is 19.0. The summed E-state index contributed by atoms with van der Waals surface area (Å²) in [5.74, 6) is 1.46. The van der Waals surface area contributed by atoms with Crippen LogP contribution in [0.25, 0.3) is 5.70 Å². The van der Waals surface area contributed by atoms with Gasteiger partial charge >= 0.3 is 0 Å². The summed E-state index contributed by atoms with van der Waals surface area (Å²) in [5, 5.41) is 3.22. The summed E-state index contributed by atoms with van der Waals surface area (Å²) >= 11 is 0. The number of alkyl halides is 1. The number of aromatic nitrogens is 2. The smallest absolute Gasteiger partial charge is 0.216 e. The molecule has 1 unspecified atom stereocenters. The van der Waals surface area contributed by atoms with E-state index in [2.05, 4.69) is 39.2 Å². The molecule has 1 N–H and O–H groups in total. The largest absolute Gasteiger partial charge is 0.475 e. The van der Waals surface area contributed by atoms with Crippen molar-refractivity contribution in [2.75, 3.05) is 25.6 Å². The fraction of sp³-hybridized carbons (Fsp3) is 0.429. The number of nitrogens with zero attached hydrogens (tertiary/aromatic N) is 3. The SMILES string of the molecule is CNc1nccc2c1CN(C(C)c1cnc(OCCF)c(C)c1)C2=C1CC1. The molecule has 0 spiro atoms. The van der Waals surface area contributed by atoms with Gasteiger partial charge < -0.3 is 15.0 Å². The molecular weight excluding hydrogens is 343 g/mol. The lowest BCUT2D eigenvalue weighted by molar-refractivity contribution is 0.262. The average Bonchev–Trinajstić information content (AvgIpc) is 3.45. The highest BCUT2D eigenvalue weighted by molar-refractivity contribution is 5.78. The summed E-state index contributed by atoms with van der Waals surface area (Å²) < 4.78 is 17.7. The number of anilines is 1. The molecule has 142 valence electrons. The number of nitrogens with one attached hydrogen (secondary N) is 1. The molecule has 0 saturated heterocycles. The maximum absolute atomic E-state index is 12.4. The zero-order valence-corrected chi connectivity index (χ0v) is 16.1. The summed E-state index contributed by atoms with van der Waals surface area (Å²) in [5.41, 5.74) is 7.48. The Morgan fingerprint density at radius 1 is 1.33 bits per heavy atom. The number of halogens is 1. The van der Waals surface area contributed by atoms with Gasteiger partial charge in [0, 0.05) is 48.4 Å². The Morgan fingerprint density at radius 2 is 2.15 bits per heavy atom. The molecular formula is C21H25FN4O. The molecule has 27 heavy (non-hydrogen) atoms. The van der Waals surface area contributed by atoms with Crippen LogP contribution in [0.5, 0.6) is 5.88 Å². The lowest BCUT2D eigenvalue weighted by Gasteiger charge is -2.29. The van der Waals surface area contributed by atoms with Crippen molar-refractivity contribution in [1.82, 2.24) is 14.9 Å². The molecule has 1 aliphatic heterocycles. The quantitative estimate of drug-likeness (QED) is 0.826. The first-order valence-electron chi connectivity index (χ1n) is 9.44. The third-order valence-corrected chi connectivity index (χ3v) is 5.32.